The molecular formula is C20H28N2O3. The molecule has 1 saturated heterocycles. The number of piperidine rings is 1. The molecule has 1 amide bonds. The first-order valence-electron chi connectivity index (χ1n) is 8.84. The second kappa shape index (κ2) is 8.81. The average Bonchev–Trinajstić information content (AvgIpc) is 2.60. The number of carboxylic acids is 1. The molecule has 0 aromatic heterocycles. The van der Waals surface area contributed by atoms with Crippen molar-refractivity contribution in [3.63, 3.8) is 0 Å². The molecule has 1 fully saturated rings. The highest BCUT2D eigenvalue weighted by molar-refractivity contribution is 5.76. The lowest BCUT2D eigenvalue weighted by atomic mass is 9.77. The molecule has 0 saturated carbocycles. The van der Waals surface area contributed by atoms with Gasteiger partial charge in [0.1, 0.15) is 0 Å². The number of likely N-dealkylation sites (tertiary alicyclic amines) is 1. The maximum atomic E-state index is 12.1. The fraction of sp³-hybridized carbons (Fsp3) is 0.500. The Hall–Kier alpha value is -2.14. The maximum Gasteiger partial charge on any atom is 0.311 e. The Kier molecular flexibility index (Phi) is 6.76. The maximum absolute atomic E-state index is 12.1. The molecule has 1 aliphatic rings. The minimum Gasteiger partial charge on any atom is -0.481 e. The molecule has 5 nitrogen and oxygen atoms in total. The predicted molar refractivity (Wildman–Crippen MR) is 98.2 cm³/mol. The van der Waals surface area contributed by atoms with Gasteiger partial charge in [-0.2, -0.15) is 0 Å². The molecule has 1 aromatic rings. The summed E-state index contributed by atoms with van der Waals surface area (Å²) in [6.45, 7) is 8.17. The molecule has 2 N–H and O–H groups in total. The normalized spacial score (nSPS) is 20.8. The van der Waals surface area contributed by atoms with Crippen LogP contribution in [0.2, 0.25) is 0 Å². The molecule has 136 valence electrons. The smallest absolute Gasteiger partial charge is 0.311 e. The van der Waals surface area contributed by atoms with Crippen molar-refractivity contribution in [2.24, 2.45) is 5.41 Å². The number of hydrogen-bond donors (Lipinski definition) is 2. The summed E-state index contributed by atoms with van der Waals surface area (Å²) in [6, 6.07) is 8.08. The van der Waals surface area contributed by atoms with Gasteiger partial charge in [-0.25, -0.2) is 0 Å². The Labute approximate surface area is 149 Å². The monoisotopic (exact) mass is 344 g/mol. The molecular weight excluding hydrogens is 316 g/mol. The van der Waals surface area contributed by atoms with E-state index in [2.05, 4.69) is 16.8 Å². The second-order valence-electron chi connectivity index (χ2n) is 6.97. The van der Waals surface area contributed by atoms with E-state index in [1.165, 1.54) is 5.56 Å². The summed E-state index contributed by atoms with van der Waals surface area (Å²) in [5.74, 6) is -0.767. The zero-order chi connectivity index (χ0) is 18.3. The summed E-state index contributed by atoms with van der Waals surface area (Å²) in [7, 11) is 0. The van der Waals surface area contributed by atoms with Crippen molar-refractivity contribution in [2.75, 3.05) is 19.6 Å². The molecule has 5 heteroatoms. The van der Waals surface area contributed by atoms with E-state index in [1.54, 1.807) is 6.08 Å². The van der Waals surface area contributed by atoms with Crippen molar-refractivity contribution in [3.05, 3.63) is 48.0 Å². The van der Waals surface area contributed by atoms with Crippen molar-refractivity contribution >= 4 is 11.9 Å². The fourth-order valence-corrected chi connectivity index (χ4v) is 3.38. The van der Waals surface area contributed by atoms with Crippen LogP contribution in [0.5, 0.6) is 0 Å². The molecule has 1 aromatic carbocycles. The van der Waals surface area contributed by atoms with Crippen LogP contribution >= 0.6 is 0 Å². The lowest BCUT2D eigenvalue weighted by Crippen LogP contribution is -2.48. The number of allylic oxidation sites excluding steroid dienone is 1. The van der Waals surface area contributed by atoms with Crippen LogP contribution in [0.3, 0.4) is 0 Å². The van der Waals surface area contributed by atoms with Crippen molar-refractivity contribution in [1.29, 1.82) is 0 Å². The van der Waals surface area contributed by atoms with Gasteiger partial charge >= 0.3 is 5.97 Å². The van der Waals surface area contributed by atoms with E-state index < -0.39 is 11.4 Å². The fourth-order valence-electron chi connectivity index (χ4n) is 3.38. The first kappa shape index (κ1) is 19.2. The van der Waals surface area contributed by atoms with Gasteiger partial charge in [0.15, 0.2) is 0 Å². The van der Waals surface area contributed by atoms with Crippen LogP contribution in [0.1, 0.15) is 36.8 Å². The quantitative estimate of drug-likeness (QED) is 0.712. The van der Waals surface area contributed by atoms with E-state index >= 15 is 0 Å². The number of amides is 1. The molecule has 1 heterocycles. The zero-order valence-corrected chi connectivity index (χ0v) is 15.0. The molecule has 0 aliphatic carbocycles. The highest BCUT2D eigenvalue weighted by Gasteiger charge is 2.41. The van der Waals surface area contributed by atoms with Crippen LogP contribution in [0.25, 0.3) is 0 Å². The molecule has 0 spiro atoms. The molecule has 25 heavy (non-hydrogen) atoms. The van der Waals surface area contributed by atoms with Gasteiger partial charge < -0.3 is 15.3 Å². The minimum atomic E-state index is -0.763. The topological polar surface area (TPSA) is 69.6 Å². The van der Waals surface area contributed by atoms with Crippen LogP contribution in [0.4, 0.5) is 0 Å². The SMILES string of the molecule is C=CC[C@]1(C(=O)O)CCCN(CCC(=O)NCc2ccc(C)cc2)C1. The van der Waals surface area contributed by atoms with Gasteiger partial charge in [0.25, 0.3) is 0 Å². The van der Waals surface area contributed by atoms with E-state index in [1.807, 2.05) is 31.2 Å². The Balaban J connectivity index is 1.79. The molecule has 2 rings (SSSR count). The van der Waals surface area contributed by atoms with Crippen molar-refractivity contribution in [2.45, 2.75) is 39.2 Å². The number of aryl methyl sites for hydroxylation is 1. The van der Waals surface area contributed by atoms with Gasteiger partial charge in [-0.15, -0.1) is 6.58 Å². The van der Waals surface area contributed by atoms with E-state index in [9.17, 15) is 14.7 Å². The first-order valence-corrected chi connectivity index (χ1v) is 8.84. The van der Waals surface area contributed by atoms with Gasteiger partial charge in [-0.3, -0.25) is 9.59 Å². The summed E-state index contributed by atoms with van der Waals surface area (Å²) in [5, 5.41) is 12.5. The van der Waals surface area contributed by atoms with Crippen LogP contribution in [0.15, 0.2) is 36.9 Å². The number of rotatable bonds is 8. The summed E-state index contributed by atoms with van der Waals surface area (Å²) in [5.41, 5.74) is 1.52. The van der Waals surface area contributed by atoms with Crippen molar-refractivity contribution in [1.82, 2.24) is 10.2 Å². The average molecular weight is 344 g/mol. The second-order valence-corrected chi connectivity index (χ2v) is 6.97. The first-order chi connectivity index (χ1) is 11.9. The third-order valence-electron chi connectivity index (χ3n) is 4.91. The van der Waals surface area contributed by atoms with E-state index in [4.69, 9.17) is 0 Å². The van der Waals surface area contributed by atoms with Gasteiger partial charge in [-0.1, -0.05) is 35.9 Å². The van der Waals surface area contributed by atoms with Crippen LogP contribution in [-0.4, -0.2) is 41.5 Å². The third kappa shape index (κ3) is 5.43. The Morgan fingerprint density at radius 2 is 2.08 bits per heavy atom. The number of nitrogens with zero attached hydrogens (tertiary/aromatic N) is 1. The third-order valence-corrected chi connectivity index (χ3v) is 4.91. The number of aliphatic carboxylic acids is 1. The van der Waals surface area contributed by atoms with Crippen LogP contribution < -0.4 is 5.32 Å². The Bertz CT molecular complexity index is 612. The highest BCUT2D eigenvalue weighted by Crippen LogP contribution is 2.34. The van der Waals surface area contributed by atoms with Gasteiger partial charge in [0.2, 0.25) is 5.91 Å². The lowest BCUT2D eigenvalue weighted by molar-refractivity contribution is -0.152. The van der Waals surface area contributed by atoms with E-state index in [0.717, 1.165) is 18.5 Å². The molecule has 1 atom stereocenters. The number of carbonyl (C=O) groups excluding carboxylic acids is 1. The number of carbonyl (C=O) groups is 2. The number of benzene rings is 1. The zero-order valence-electron chi connectivity index (χ0n) is 15.0. The summed E-state index contributed by atoms with van der Waals surface area (Å²) in [4.78, 5) is 25.8. The van der Waals surface area contributed by atoms with E-state index in [-0.39, 0.29) is 5.91 Å². The Morgan fingerprint density at radius 1 is 1.36 bits per heavy atom. The molecule has 0 radical (unpaired) electrons. The van der Waals surface area contributed by atoms with Crippen molar-refractivity contribution < 1.29 is 14.7 Å². The van der Waals surface area contributed by atoms with Gasteiger partial charge in [0, 0.05) is 26.1 Å². The number of nitrogens with one attached hydrogen (secondary N) is 1. The van der Waals surface area contributed by atoms with E-state index in [0.29, 0.717) is 38.9 Å². The Morgan fingerprint density at radius 3 is 2.72 bits per heavy atom. The summed E-state index contributed by atoms with van der Waals surface area (Å²) in [6.07, 6.45) is 4.05. The lowest BCUT2D eigenvalue weighted by Gasteiger charge is -2.39. The largest absolute Gasteiger partial charge is 0.481 e. The minimum absolute atomic E-state index is 0.00389. The molecule has 0 bridgehead atoms. The molecule has 0 unspecified atom stereocenters. The summed E-state index contributed by atoms with van der Waals surface area (Å²) < 4.78 is 0. The van der Waals surface area contributed by atoms with Gasteiger partial charge in [0.05, 0.1) is 5.41 Å². The van der Waals surface area contributed by atoms with Crippen LogP contribution in [0, 0.1) is 12.3 Å². The number of hydrogen-bond acceptors (Lipinski definition) is 3. The van der Waals surface area contributed by atoms with Gasteiger partial charge in [-0.05, 0) is 38.3 Å². The standard InChI is InChI=1S/C20H28N2O3/c1-3-10-20(19(24)25)11-4-12-22(15-20)13-9-18(23)21-14-17-7-5-16(2)6-8-17/h3,5-8H,1,4,9-15H2,2H3,(H,21,23)(H,24,25)/t20-/m0/s1. The van der Waals surface area contributed by atoms with Crippen molar-refractivity contribution in [3.8, 4) is 0 Å². The summed E-state index contributed by atoms with van der Waals surface area (Å²) >= 11 is 0. The molecule has 1 aliphatic heterocycles. The van der Waals surface area contributed by atoms with Crippen LogP contribution in [-0.2, 0) is 16.1 Å². The highest BCUT2D eigenvalue weighted by atomic mass is 16.4. The number of carboxylic acid groups (broad SMARTS) is 1. The predicted octanol–water partition coefficient (Wildman–Crippen LogP) is 2.74.